The molecule has 5 aromatic carbocycles. The molecule has 2 aromatic heterocycles. The van der Waals surface area contributed by atoms with E-state index in [1.807, 2.05) is 147 Å². The molecule has 0 saturated heterocycles. The predicted octanol–water partition coefficient (Wildman–Crippen LogP) is 11.8. The van der Waals surface area contributed by atoms with Crippen molar-refractivity contribution in [2.75, 3.05) is 22.5 Å². The van der Waals surface area contributed by atoms with Gasteiger partial charge in [0, 0.05) is 55.0 Å². The van der Waals surface area contributed by atoms with E-state index in [1.54, 1.807) is 17.2 Å². The number of benzene rings is 5. The van der Waals surface area contributed by atoms with Crippen LogP contribution in [0.25, 0.3) is 0 Å². The number of fused-ring (bicyclic) bond motifs is 2. The lowest BCUT2D eigenvalue weighted by Gasteiger charge is -2.19. The van der Waals surface area contributed by atoms with Crippen molar-refractivity contribution in [3.63, 3.8) is 0 Å². The van der Waals surface area contributed by atoms with Gasteiger partial charge in [0.25, 0.3) is 11.8 Å². The smallest absolute Gasteiger partial charge is 0.255 e. The molecule has 0 aliphatic carbocycles. The first kappa shape index (κ1) is 45.6. The van der Waals surface area contributed by atoms with Crippen molar-refractivity contribution < 1.29 is 23.9 Å². The van der Waals surface area contributed by atoms with Crippen molar-refractivity contribution in [3.8, 4) is 23.0 Å². The van der Waals surface area contributed by atoms with E-state index in [9.17, 15) is 14.4 Å². The van der Waals surface area contributed by atoms with Gasteiger partial charge in [-0.2, -0.15) is 0 Å². The maximum atomic E-state index is 13.0. The average molecular weight is 894 g/mol. The number of aryl methyl sites for hydroxylation is 2. The van der Waals surface area contributed by atoms with Crippen molar-refractivity contribution in [2.45, 2.75) is 73.3 Å². The number of pyridine rings is 2. The van der Waals surface area contributed by atoms with Crippen molar-refractivity contribution >= 4 is 35.2 Å². The molecule has 340 valence electrons. The van der Waals surface area contributed by atoms with Gasteiger partial charge < -0.3 is 35.2 Å². The summed E-state index contributed by atoms with van der Waals surface area (Å²) in [5, 5.41) is 9.64. The largest absolute Gasteiger partial charge is 0.457 e. The lowest BCUT2D eigenvalue weighted by atomic mass is 10.1. The third-order valence-corrected chi connectivity index (χ3v) is 11.8. The minimum atomic E-state index is -0.233. The maximum Gasteiger partial charge on any atom is 0.255 e. The Hall–Kier alpha value is -7.99. The van der Waals surface area contributed by atoms with Crippen LogP contribution in [0.1, 0.15) is 99.4 Å². The monoisotopic (exact) mass is 893 g/mol. The molecule has 2 unspecified atom stereocenters. The first-order valence-electron chi connectivity index (χ1n) is 22.5. The van der Waals surface area contributed by atoms with E-state index in [-0.39, 0.29) is 29.8 Å². The van der Waals surface area contributed by atoms with Gasteiger partial charge in [-0.1, -0.05) is 90.0 Å². The van der Waals surface area contributed by atoms with Gasteiger partial charge in [-0.25, -0.2) is 9.97 Å². The van der Waals surface area contributed by atoms with Crippen LogP contribution < -0.4 is 25.4 Å². The van der Waals surface area contributed by atoms with Gasteiger partial charge >= 0.3 is 0 Å². The Morgan fingerprint density at radius 1 is 0.627 bits per heavy atom. The summed E-state index contributed by atoms with van der Waals surface area (Å²) in [7, 11) is 0. The van der Waals surface area contributed by atoms with Crippen molar-refractivity contribution in [1.29, 1.82) is 0 Å². The van der Waals surface area contributed by atoms with E-state index < -0.39 is 0 Å². The Kier molecular flexibility index (Phi) is 13.9. The highest BCUT2D eigenvalue weighted by Crippen LogP contribution is 2.34. The zero-order chi connectivity index (χ0) is 47.0. The number of nitrogens with zero attached hydrogens (tertiary/aromatic N) is 4. The Balaban J connectivity index is 0.000000182. The van der Waals surface area contributed by atoms with E-state index >= 15 is 0 Å². The number of amides is 3. The number of ether oxygens (including phenoxy) is 2. The fourth-order valence-electron chi connectivity index (χ4n) is 8.03. The normalized spacial score (nSPS) is 13.5. The Bertz CT molecular complexity index is 2850. The molecule has 67 heavy (non-hydrogen) atoms. The number of anilines is 3. The first-order chi connectivity index (χ1) is 32.4. The van der Waals surface area contributed by atoms with E-state index in [2.05, 4.69) is 51.9 Å². The summed E-state index contributed by atoms with van der Waals surface area (Å²) in [4.78, 5) is 50.0. The number of hydrogen-bond acceptors (Lipinski definition) is 9. The molecule has 7 aromatic rings. The number of carbonyl (C=O) groups is 3. The average Bonchev–Trinajstić information content (AvgIpc) is 3.83. The molecule has 0 bridgehead atoms. The van der Waals surface area contributed by atoms with Crippen LogP contribution in [0.5, 0.6) is 23.0 Å². The summed E-state index contributed by atoms with van der Waals surface area (Å²) >= 11 is 0. The van der Waals surface area contributed by atoms with Crippen LogP contribution in [0.15, 0.2) is 146 Å². The molecule has 2 aliphatic rings. The van der Waals surface area contributed by atoms with Gasteiger partial charge in [0.05, 0.1) is 18.7 Å². The summed E-state index contributed by atoms with van der Waals surface area (Å²) in [6.45, 7) is 13.8. The van der Waals surface area contributed by atoms with Crippen molar-refractivity contribution in [1.82, 2.24) is 19.8 Å². The molecule has 0 spiro atoms. The van der Waals surface area contributed by atoms with Crippen LogP contribution in [0.2, 0.25) is 0 Å². The summed E-state index contributed by atoms with van der Waals surface area (Å²) < 4.78 is 11.9. The standard InChI is InChI=1S/C29H27N3O2.C26H28N4O3/c1-20-8-12-24(13-9-20)34-25-14-10-23(11-15-25)21(2)31-28-27-19-32(18-22-6-4-3-5-7-22)29(33)26(27)16-17-30-28;1-5-30-15-23-22(26(30)32)14-24(28-18(4)31)29-25(23)27-17(3)19-8-12-21(13-9-19)33-20-10-6-16(2)7-11-20/h3-17,21H,18-19H2,1-2H3,(H,30,31);6-14,17H,5,15H2,1-4H3,(H2,27,28,29,31). The zero-order valence-electron chi connectivity index (χ0n) is 38.7. The fourth-order valence-corrected chi connectivity index (χ4v) is 8.03. The van der Waals surface area contributed by atoms with Crippen LogP contribution in [0.3, 0.4) is 0 Å². The highest BCUT2D eigenvalue weighted by Gasteiger charge is 2.32. The number of aromatic nitrogens is 2. The van der Waals surface area contributed by atoms with Gasteiger partial charge in [0.15, 0.2) is 0 Å². The summed E-state index contributed by atoms with van der Waals surface area (Å²) in [6.07, 6.45) is 1.70. The molecule has 0 radical (unpaired) electrons. The third-order valence-electron chi connectivity index (χ3n) is 11.8. The molecule has 9 rings (SSSR count). The molecule has 4 heterocycles. The number of carbonyl (C=O) groups excluding carboxylic acids is 3. The van der Waals surface area contributed by atoms with E-state index in [4.69, 9.17) is 9.47 Å². The van der Waals surface area contributed by atoms with Crippen molar-refractivity contribution in [2.24, 2.45) is 0 Å². The van der Waals surface area contributed by atoms with Crippen LogP contribution in [0, 0.1) is 13.8 Å². The molecular weight excluding hydrogens is 839 g/mol. The maximum absolute atomic E-state index is 13.0. The second kappa shape index (κ2) is 20.5. The molecule has 3 amide bonds. The SMILES string of the molecule is CCN1Cc2c(cc(NC(C)=O)nc2NC(C)c2ccc(Oc3ccc(C)cc3)cc2)C1=O.Cc1ccc(Oc2ccc(C(C)Nc3nccc4c3CN(Cc3ccccc3)C4=O)cc2)cc1. The fraction of sp³-hybridized carbons (Fsp3) is 0.218. The molecule has 3 N–H and O–H groups in total. The van der Waals surface area contributed by atoms with Gasteiger partial charge in [-0.3, -0.25) is 14.4 Å². The Labute approximate surface area is 392 Å². The second-order valence-electron chi connectivity index (χ2n) is 16.9. The Morgan fingerprint density at radius 3 is 1.63 bits per heavy atom. The number of nitrogens with one attached hydrogen (secondary N) is 3. The topological polar surface area (TPSA) is 138 Å². The summed E-state index contributed by atoms with van der Waals surface area (Å²) in [6, 6.07) is 45.3. The summed E-state index contributed by atoms with van der Waals surface area (Å²) in [5.41, 5.74) is 8.76. The molecule has 12 heteroatoms. The molecule has 2 aliphatic heterocycles. The van der Waals surface area contributed by atoms with Gasteiger partial charge in [-0.05, 0) is 112 Å². The predicted molar refractivity (Wildman–Crippen MR) is 263 cm³/mol. The van der Waals surface area contributed by atoms with Crippen LogP contribution in [-0.2, 0) is 24.4 Å². The van der Waals surface area contributed by atoms with Crippen LogP contribution in [0.4, 0.5) is 17.5 Å². The van der Waals surface area contributed by atoms with Gasteiger partial charge in [0.1, 0.15) is 40.5 Å². The van der Waals surface area contributed by atoms with E-state index in [0.717, 1.165) is 62.2 Å². The number of hydrogen-bond donors (Lipinski definition) is 3. The van der Waals surface area contributed by atoms with Crippen LogP contribution in [-0.4, -0.2) is 44.0 Å². The highest BCUT2D eigenvalue weighted by molar-refractivity contribution is 6.01. The lowest BCUT2D eigenvalue weighted by Crippen LogP contribution is -2.23. The molecule has 2 atom stereocenters. The van der Waals surface area contributed by atoms with E-state index in [0.29, 0.717) is 43.4 Å². The summed E-state index contributed by atoms with van der Waals surface area (Å²) in [5.74, 6) is 4.66. The quantitative estimate of drug-likeness (QED) is 0.0974. The van der Waals surface area contributed by atoms with Crippen molar-refractivity contribution in [3.05, 3.63) is 196 Å². The zero-order valence-corrected chi connectivity index (χ0v) is 38.7. The minimum Gasteiger partial charge on any atom is -0.457 e. The third kappa shape index (κ3) is 11.1. The Morgan fingerprint density at radius 2 is 1.10 bits per heavy atom. The highest BCUT2D eigenvalue weighted by atomic mass is 16.5. The molecular formula is C55H55N7O5. The van der Waals surface area contributed by atoms with Gasteiger partial charge in [-0.15, -0.1) is 0 Å². The molecule has 0 saturated carbocycles. The molecule has 12 nitrogen and oxygen atoms in total. The lowest BCUT2D eigenvalue weighted by molar-refractivity contribution is -0.114. The van der Waals surface area contributed by atoms with Crippen LogP contribution >= 0.6 is 0 Å². The second-order valence-corrected chi connectivity index (χ2v) is 16.9. The van der Waals surface area contributed by atoms with Gasteiger partial charge in [0.2, 0.25) is 5.91 Å². The number of rotatable bonds is 14. The minimum absolute atomic E-state index is 0.0192. The first-order valence-corrected chi connectivity index (χ1v) is 22.5. The molecule has 0 fully saturated rings. The van der Waals surface area contributed by atoms with E-state index in [1.165, 1.54) is 18.1 Å².